The van der Waals surface area contributed by atoms with E-state index in [4.69, 9.17) is 43.1 Å². The van der Waals surface area contributed by atoms with Crippen molar-refractivity contribution in [1.82, 2.24) is 60.7 Å². The predicted octanol–water partition coefficient (Wildman–Crippen LogP) is 2.04. The highest BCUT2D eigenvalue weighted by Crippen LogP contribution is 2.30. The Morgan fingerprint density at radius 2 is 1.59 bits per heavy atom. The molecular weight excluding hydrogens is 946 g/mol. The van der Waals surface area contributed by atoms with Gasteiger partial charge in [0.1, 0.15) is 23.5 Å². The lowest BCUT2D eigenvalue weighted by Crippen LogP contribution is -2.60. The molecule has 7 rings (SSSR count). The highest BCUT2D eigenvalue weighted by Gasteiger charge is 2.39. The second-order valence-electron chi connectivity index (χ2n) is 16.9. The van der Waals surface area contributed by atoms with E-state index >= 15 is 0 Å². The highest BCUT2D eigenvalue weighted by atomic mass is 35.5. The number of benzene rings is 1. The number of anilines is 2. The number of nitrogens with two attached hydrogens (primary N) is 1. The second-order valence-corrected chi connectivity index (χ2v) is 17.7. The minimum atomic E-state index is -1.02. The van der Waals surface area contributed by atoms with Crippen molar-refractivity contribution in [3.8, 4) is 0 Å². The van der Waals surface area contributed by atoms with Crippen molar-refractivity contribution in [2.24, 2.45) is 5.73 Å². The van der Waals surface area contributed by atoms with Crippen LogP contribution in [0.15, 0.2) is 67.4 Å². The first-order valence-electron chi connectivity index (χ1n) is 23.5. The van der Waals surface area contributed by atoms with E-state index in [0.717, 1.165) is 42.0 Å². The number of fused-ring (bicyclic) bond motifs is 1. The van der Waals surface area contributed by atoms with E-state index in [2.05, 4.69) is 61.3 Å². The van der Waals surface area contributed by atoms with E-state index in [-0.39, 0.29) is 60.7 Å². The van der Waals surface area contributed by atoms with Gasteiger partial charge in [-0.3, -0.25) is 28.8 Å². The zero-order valence-electron chi connectivity index (χ0n) is 39.0. The summed E-state index contributed by atoms with van der Waals surface area (Å²) in [5.74, 6) is -0.0336. The first-order valence-corrected chi connectivity index (χ1v) is 24.2. The summed E-state index contributed by atoms with van der Waals surface area (Å²) in [4.78, 5) is 74.1. The Kier molecular flexibility index (Phi) is 19.6. The normalized spacial score (nSPS) is 15.5. The first-order chi connectivity index (χ1) is 34.0. The van der Waals surface area contributed by atoms with Crippen molar-refractivity contribution in [2.75, 3.05) is 115 Å². The standard InChI is InChI=1S/C46H61Cl2N15O7/c47-34-3-1-33(2-4-34)36(58-45(67)46(49)10-17-62(18-11-46)43-35-7-12-51-42(35)53-32-54-43)8-16-60-21-23-61(24-22-60)40(65)9-25-68-27-29-70-30-28-69-26-15-52-44(66)38-6-5-37(41(48)57-38)56-39(64)31-50-13-19-63-20-14-55-59-63/h1-7,12,14,20,32,36,50H,8-11,13,15-19,21-31,49H2,(H,52,66)(H,56,64)(H,58,67)(H,51,53,54)/t36-/m0/s1. The number of carbonyl (C=O) groups excluding carboxylic acids is 4. The first kappa shape index (κ1) is 52.0. The number of aromatic amines is 1. The van der Waals surface area contributed by atoms with Gasteiger partial charge in [0.2, 0.25) is 17.7 Å². The van der Waals surface area contributed by atoms with Crippen LogP contribution in [0.25, 0.3) is 11.0 Å². The van der Waals surface area contributed by atoms with Crippen molar-refractivity contribution in [3.63, 3.8) is 0 Å². The van der Waals surface area contributed by atoms with Crippen LogP contribution in [0.1, 0.15) is 47.8 Å². The summed E-state index contributed by atoms with van der Waals surface area (Å²) in [6.45, 7) is 7.86. The van der Waals surface area contributed by atoms with Crippen LogP contribution in [-0.2, 0) is 35.1 Å². The summed E-state index contributed by atoms with van der Waals surface area (Å²) in [7, 11) is 0. The number of piperazine rings is 1. The molecule has 4 amide bonds. The molecule has 376 valence electrons. The summed E-state index contributed by atoms with van der Waals surface area (Å²) in [6, 6.07) is 12.2. The Labute approximate surface area is 415 Å². The fourth-order valence-corrected chi connectivity index (χ4v) is 8.42. The summed E-state index contributed by atoms with van der Waals surface area (Å²) in [6.07, 6.45) is 8.60. The van der Waals surface area contributed by atoms with Gasteiger partial charge in [-0.05, 0) is 55.2 Å². The lowest BCUT2D eigenvalue weighted by molar-refractivity contribution is -0.134. The maximum atomic E-state index is 13.9. The number of aromatic nitrogens is 7. The van der Waals surface area contributed by atoms with Crippen LogP contribution in [-0.4, -0.2) is 179 Å². The highest BCUT2D eigenvalue weighted by molar-refractivity contribution is 6.32. The molecule has 0 unspecified atom stereocenters. The zero-order chi connectivity index (χ0) is 49.1. The number of hydrogen-bond donors (Lipinski definition) is 6. The van der Waals surface area contributed by atoms with Crippen molar-refractivity contribution in [2.45, 2.75) is 43.8 Å². The molecule has 0 spiro atoms. The van der Waals surface area contributed by atoms with E-state index < -0.39 is 11.4 Å². The molecule has 2 fully saturated rings. The molecule has 0 bridgehead atoms. The van der Waals surface area contributed by atoms with Gasteiger partial charge < -0.3 is 56.0 Å². The predicted molar refractivity (Wildman–Crippen MR) is 262 cm³/mol. The SMILES string of the molecule is NC1(C(=O)N[C@@H](CCN2CCN(C(=O)CCOCCOCCOCCNC(=O)c3ccc(NC(=O)CNCCn4ccnn4)c(Cl)n3)CC2)c2ccc(Cl)cc2)CCN(c2ncnc3[nH]ccc23)CC1. The fraction of sp³-hybridized carbons (Fsp3) is 0.500. The molecule has 0 aliphatic carbocycles. The number of nitrogens with zero attached hydrogens (tertiary/aromatic N) is 9. The van der Waals surface area contributed by atoms with Crippen LogP contribution in [0.2, 0.25) is 10.2 Å². The third-order valence-electron chi connectivity index (χ3n) is 12.1. The molecule has 1 aromatic carbocycles. The molecule has 24 heteroatoms. The lowest BCUT2D eigenvalue weighted by Gasteiger charge is -2.39. The third-order valence-corrected chi connectivity index (χ3v) is 12.7. The Hall–Kier alpha value is -5.85. The molecule has 2 saturated heterocycles. The molecule has 2 aliphatic rings. The Balaban J connectivity index is 0.704. The molecule has 22 nitrogen and oxygen atoms in total. The van der Waals surface area contributed by atoms with Crippen molar-refractivity contribution in [1.29, 1.82) is 0 Å². The topological polar surface area (TPSA) is 265 Å². The molecule has 1 atom stereocenters. The lowest BCUT2D eigenvalue weighted by atomic mass is 9.87. The van der Waals surface area contributed by atoms with Gasteiger partial charge in [0.05, 0.1) is 88.0 Å². The molecule has 4 aromatic heterocycles. The number of nitrogens with one attached hydrogen (secondary N) is 5. The van der Waals surface area contributed by atoms with E-state index in [0.29, 0.717) is 102 Å². The van der Waals surface area contributed by atoms with Gasteiger partial charge in [-0.2, -0.15) is 0 Å². The third kappa shape index (κ3) is 15.3. The molecule has 7 N–H and O–H groups in total. The molecular formula is C46H61Cl2N15O7. The van der Waals surface area contributed by atoms with E-state index in [1.807, 2.05) is 41.4 Å². The number of halogens is 2. The van der Waals surface area contributed by atoms with Crippen LogP contribution in [0.5, 0.6) is 0 Å². The van der Waals surface area contributed by atoms with Gasteiger partial charge >= 0.3 is 0 Å². The summed E-state index contributed by atoms with van der Waals surface area (Å²) < 4.78 is 18.4. The Bertz CT molecular complexity index is 2450. The summed E-state index contributed by atoms with van der Waals surface area (Å²) >= 11 is 12.4. The van der Waals surface area contributed by atoms with E-state index in [1.165, 1.54) is 12.1 Å². The van der Waals surface area contributed by atoms with Gasteiger partial charge in [0.25, 0.3) is 5.91 Å². The number of rotatable bonds is 26. The van der Waals surface area contributed by atoms with Gasteiger partial charge in [0.15, 0.2) is 5.15 Å². The van der Waals surface area contributed by atoms with E-state index in [1.54, 1.807) is 23.4 Å². The zero-order valence-corrected chi connectivity index (χ0v) is 40.5. The maximum absolute atomic E-state index is 13.9. The van der Waals surface area contributed by atoms with Crippen molar-refractivity contribution >= 4 is 69.4 Å². The summed E-state index contributed by atoms with van der Waals surface area (Å²) in [5.41, 5.74) is 7.92. The van der Waals surface area contributed by atoms with E-state index in [9.17, 15) is 19.2 Å². The molecule has 2 aliphatic heterocycles. The largest absolute Gasteiger partial charge is 0.379 e. The smallest absolute Gasteiger partial charge is 0.270 e. The van der Waals surface area contributed by atoms with Crippen LogP contribution < -0.4 is 31.9 Å². The quantitative estimate of drug-likeness (QED) is 0.0342. The summed E-state index contributed by atoms with van der Waals surface area (Å²) in [5, 5.41) is 20.8. The average molecular weight is 1010 g/mol. The van der Waals surface area contributed by atoms with Gasteiger partial charge in [-0.15, -0.1) is 5.10 Å². The van der Waals surface area contributed by atoms with Crippen LogP contribution in [0.3, 0.4) is 0 Å². The molecule has 0 radical (unpaired) electrons. The average Bonchev–Trinajstić information content (AvgIpc) is 4.09. The van der Waals surface area contributed by atoms with Crippen molar-refractivity contribution < 1.29 is 33.4 Å². The number of carbonyl (C=O) groups is 4. The number of piperidine rings is 1. The number of H-pyrrole nitrogens is 1. The van der Waals surface area contributed by atoms with Gasteiger partial charge in [-0.25, -0.2) is 15.0 Å². The fourth-order valence-electron chi connectivity index (χ4n) is 8.09. The van der Waals surface area contributed by atoms with Crippen LogP contribution in [0, 0.1) is 0 Å². The van der Waals surface area contributed by atoms with Gasteiger partial charge in [-0.1, -0.05) is 40.5 Å². The van der Waals surface area contributed by atoms with Gasteiger partial charge in [0, 0.05) is 76.3 Å². The Morgan fingerprint density at radius 1 is 0.843 bits per heavy atom. The number of ether oxygens (including phenoxy) is 3. The molecule has 5 aromatic rings. The minimum Gasteiger partial charge on any atom is -0.379 e. The second kappa shape index (κ2) is 26.4. The number of amides is 4. The molecule has 0 saturated carbocycles. The minimum absolute atomic E-state index is 0.00587. The number of pyridine rings is 1. The monoisotopic (exact) mass is 1010 g/mol. The van der Waals surface area contributed by atoms with Crippen LogP contribution >= 0.6 is 23.2 Å². The number of hydrogen-bond acceptors (Lipinski definition) is 16. The van der Waals surface area contributed by atoms with Crippen molar-refractivity contribution in [3.05, 3.63) is 88.8 Å². The Morgan fingerprint density at radius 3 is 2.31 bits per heavy atom. The molecule has 70 heavy (non-hydrogen) atoms. The molecule has 6 heterocycles. The maximum Gasteiger partial charge on any atom is 0.270 e. The van der Waals surface area contributed by atoms with Crippen LogP contribution in [0.4, 0.5) is 11.5 Å².